The highest BCUT2D eigenvalue weighted by atomic mass is 35.5. The van der Waals surface area contributed by atoms with Crippen molar-refractivity contribution >= 4 is 40.1 Å². The van der Waals surface area contributed by atoms with Crippen LogP contribution < -0.4 is 5.43 Å². The van der Waals surface area contributed by atoms with E-state index in [1.54, 1.807) is 24.3 Å². The van der Waals surface area contributed by atoms with Gasteiger partial charge in [0.15, 0.2) is 11.5 Å². The molecule has 4 aromatic rings. The molecule has 11 heteroatoms. The monoisotopic (exact) mass is 408 g/mol. The highest BCUT2D eigenvalue weighted by Crippen LogP contribution is 2.31. The van der Waals surface area contributed by atoms with Crippen molar-refractivity contribution in [1.29, 1.82) is 0 Å². The lowest BCUT2D eigenvalue weighted by Gasteiger charge is -2.08. The quantitative estimate of drug-likeness (QED) is 0.307. The Morgan fingerprint density at radius 3 is 2.50 bits per heavy atom. The Bertz CT molecular complexity index is 1200. The van der Waals surface area contributed by atoms with Crippen LogP contribution in [0.3, 0.4) is 0 Å². The number of hydrazone groups is 1. The van der Waals surface area contributed by atoms with E-state index in [-0.39, 0.29) is 22.1 Å². The number of hydrogen-bond acceptors (Lipinski definition) is 5. The van der Waals surface area contributed by atoms with Crippen LogP contribution in [0.5, 0.6) is 0 Å². The molecular formula is C17H9ClF4N6. The average Bonchev–Trinajstić information content (AvgIpc) is 3.08. The molecule has 0 bridgehead atoms. The molecule has 0 aliphatic rings. The summed E-state index contributed by atoms with van der Waals surface area (Å²) in [6.07, 6.45) is -3.62. The third kappa shape index (κ3) is 3.11. The number of halogens is 5. The van der Waals surface area contributed by atoms with Gasteiger partial charge in [0, 0.05) is 16.3 Å². The van der Waals surface area contributed by atoms with E-state index in [0.29, 0.717) is 15.3 Å². The number of hydrogen-bond donors (Lipinski definition) is 1. The molecule has 0 spiro atoms. The molecule has 0 amide bonds. The summed E-state index contributed by atoms with van der Waals surface area (Å²) in [6.45, 7) is 0. The molecule has 28 heavy (non-hydrogen) atoms. The second kappa shape index (κ2) is 6.71. The topological polar surface area (TPSA) is 67.5 Å². The van der Waals surface area contributed by atoms with Gasteiger partial charge in [-0.15, -0.1) is 15.3 Å². The Morgan fingerprint density at radius 1 is 1.04 bits per heavy atom. The Labute approximate surface area is 159 Å². The van der Waals surface area contributed by atoms with E-state index in [1.807, 2.05) is 0 Å². The average molecular weight is 409 g/mol. The number of rotatable bonds is 3. The van der Waals surface area contributed by atoms with Gasteiger partial charge in [-0.05, 0) is 12.1 Å². The standard InChI is InChI=1S/C17H9ClF4N6/c18-12-6-3-7-13(19)11(12)8-23-24-14-9-4-1-2-5-10(9)15-25-26-16(17(20,21)22)28(15)27-14/h1-8H,(H,24,27)/b23-8-. The summed E-state index contributed by atoms with van der Waals surface area (Å²) in [4.78, 5) is 0. The molecule has 0 aliphatic carbocycles. The normalized spacial score (nSPS) is 12.3. The van der Waals surface area contributed by atoms with E-state index in [2.05, 4.69) is 25.8 Å². The Morgan fingerprint density at radius 2 is 1.79 bits per heavy atom. The van der Waals surface area contributed by atoms with Gasteiger partial charge in [0.25, 0.3) is 5.82 Å². The summed E-state index contributed by atoms with van der Waals surface area (Å²) in [7, 11) is 0. The number of alkyl halides is 3. The molecule has 142 valence electrons. The van der Waals surface area contributed by atoms with Crippen LogP contribution >= 0.6 is 11.6 Å². The third-order valence-corrected chi connectivity index (χ3v) is 4.21. The van der Waals surface area contributed by atoms with Crippen molar-refractivity contribution in [3.63, 3.8) is 0 Å². The van der Waals surface area contributed by atoms with E-state index in [9.17, 15) is 17.6 Å². The maximum Gasteiger partial charge on any atom is 0.453 e. The summed E-state index contributed by atoms with van der Waals surface area (Å²) in [5.41, 5.74) is 2.52. The Hall–Kier alpha value is -3.27. The molecule has 2 aromatic heterocycles. The summed E-state index contributed by atoms with van der Waals surface area (Å²) in [5.74, 6) is -1.85. The van der Waals surface area contributed by atoms with Crippen LogP contribution in [0, 0.1) is 5.82 Å². The highest BCUT2D eigenvalue weighted by Gasteiger charge is 2.38. The van der Waals surface area contributed by atoms with Gasteiger partial charge in [-0.3, -0.25) is 5.43 Å². The third-order valence-electron chi connectivity index (χ3n) is 3.88. The molecule has 0 unspecified atom stereocenters. The number of nitrogens with one attached hydrogen (secondary N) is 1. The molecule has 0 saturated heterocycles. The molecule has 4 rings (SSSR count). The van der Waals surface area contributed by atoms with E-state index in [1.165, 1.54) is 18.2 Å². The number of aromatic nitrogens is 4. The first-order chi connectivity index (χ1) is 13.4. The predicted molar refractivity (Wildman–Crippen MR) is 95.9 cm³/mol. The first kappa shape index (κ1) is 18.1. The van der Waals surface area contributed by atoms with E-state index >= 15 is 0 Å². The zero-order chi connectivity index (χ0) is 19.9. The lowest BCUT2D eigenvalue weighted by atomic mass is 10.2. The molecule has 2 heterocycles. The summed E-state index contributed by atoms with van der Waals surface area (Å²) in [6, 6.07) is 10.7. The van der Waals surface area contributed by atoms with Crippen LogP contribution in [-0.2, 0) is 6.18 Å². The van der Waals surface area contributed by atoms with Crippen molar-refractivity contribution in [2.24, 2.45) is 5.10 Å². The fourth-order valence-corrected chi connectivity index (χ4v) is 2.84. The van der Waals surface area contributed by atoms with Crippen LogP contribution in [0.2, 0.25) is 5.02 Å². The smallest absolute Gasteiger partial charge is 0.259 e. The molecule has 0 radical (unpaired) electrons. The SMILES string of the molecule is Fc1cccc(Cl)c1/C=N\Nc1nn2c(C(F)(F)F)nnc2c2ccccc12. The van der Waals surface area contributed by atoms with Gasteiger partial charge in [-0.1, -0.05) is 41.9 Å². The van der Waals surface area contributed by atoms with Gasteiger partial charge >= 0.3 is 6.18 Å². The van der Waals surface area contributed by atoms with E-state index in [4.69, 9.17) is 11.6 Å². The minimum atomic E-state index is -4.74. The fraction of sp³-hybridized carbons (Fsp3) is 0.0588. The lowest BCUT2D eigenvalue weighted by Crippen LogP contribution is -2.13. The number of nitrogens with zero attached hydrogens (tertiary/aromatic N) is 5. The van der Waals surface area contributed by atoms with Crippen LogP contribution in [-0.4, -0.2) is 26.0 Å². The minimum Gasteiger partial charge on any atom is -0.259 e. The van der Waals surface area contributed by atoms with Crippen molar-refractivity contribution in [1.82, 2.24) is 19.8 Å². The van der Waals surface area contributed by atoms with Crippen LogP contribution in [0.1, 0.15) is 11.4 Å². The molecule has 0 fully saturated rings. The van der Waals surface area contributed by atoms with Crippen molar-refractivity contribution in [2.75, 3.05) is 5.43 Å². The Kier molecular flexibility index (Phi) is 4.34. The molecule has 1 N–H and O–H groups in total. The second-order valence-corrected chi connectivity index (χ2v) is 6.06. The van der Waals surface area contributed by atoms with E-state index in [0.717, 1.165) is 6.21 Å². The molecule has 0 saturated carbocycles. The van der Waals surface area contributed by atoms with Crippen molar-refractivity contribution in [3.05, 3.63) is 64.7 Å². The molecule has 2 aromatic carbocycles. The predicted octanol–water partition coefficient (Wildman–Crippen LogP) is 4.53. The maximum absolute atomic E-state index is 13.8. The number of benzene rings is 2. The molecular weight excluding hydrogens is 400 g/mol. The molecule has 0 aliphatic heterocycles. The van der Waals surface area contributed by atoms with Crippen molar-refractivity contribution < 1.29 is 17.6 Å². The summed E-state index contributed by atoms with van der Waals surface area (Å²) < 4.78 is 53.9. The largest absolute Gasteiger partial charge is 0.453 e. The van der Waals surface area contributed by atoms with Gasteiger partial charge in [0.1, 0.15) is 5.82 Å². The summed E-state index contributed by atoms with van der Waals surface area (Å²) >= 11 is 5.92. The summed E-state index contributed by atoms with van der Waals surface area (Å²) in [5, 5.41) is 15.6. The van der Waals surface area contributed by atoms with Crippen LogP contribution in [0.15, 0.2) is 47.6 Å². The van der Waals surface area contributed by atoms with Crippen LogP contribution in [0.4, 0.5) is 23.4 Å². The lowest BCUT2D eigenvalue weighted by molar-refractivity contribution is -0.146. The fourth-order valence-electron chi connectivity index (χ4n) is 2.63. The number of anilines is 1. The van der Waals surface area contributed by atoms with Crippen molar-refractivity contribution in [2.45, 2.75) is 6.18 Å². The van der Waals surface area contributed by atoms with Gasteiger partial charge in [0.2, 0.25) is 0 Å². The molecule has 0 atom stereocenters. The first-order valence-electron chi connectivity index (χ1n) is 7.80. The zero-order valence-corrected chi connectivity index (χ0v) is 14.5. The minimum absolute atomic E-state index is 0.0112. The molecule has 6 nitrogen and oxygen atoms in total. The Balaban J connectivity index is 1.82. The van der Waals surface area contributed by atoms with Crippen LogP contribution in [0.25, 0.3) is 16.4 Å². The second-order valence-electron chi connectivity index (χ2n) is 5.66. The van der Waals surface area contributed by atoms with Gasteiger partial charge in [-0.2, -0.15) is 22.8 Å². The highest BCUT2D eigenvalue weighted by molar-refractivity contribution is 6.33. The zero-order valence-electron chi connectivity index (χ0n) is 13.7. The van der Waals surface area contributed by atoms with Gasteiger partial charge < -0.3 is 0 Å². The maximum atomic E-state index is 13.8. The van der Waals surface area contributed by atoms with E-state index < -0.39 is 17.8 Å². The number of fused-ring (bicyclic) bond motifs is 3. The first-order valence-corrected chi connectivity index (χ1v) is 8.18. The van der Waals surface area contributed by atoms with Gasteiger partial charge in [0.05, 0.1) is 11.2 Å². The van der Waals surface area contributed by atoms with Crippen molar-refractivity contribution in [3.8, 4) is 0 Å². The van der Waals surface area contributed by atoms with Gasteiger partial charge in [-0.25, -0.2) is 4.39 Å².